The van der Waals surface area contributed by atoms with Gasteiger partial charge < -0.3 is 14.0 Å². The van der Waals surface area contributed by atoms with Crippen molar-refractivity contribution in [2.75, 3.05) is 6.61 Å². The van der Waals surface area contributed by atoms with Crippen molar-refractivity contribution in [1.82, 2.24) is 0 Å². The molecule has 102 valence electrons. The van der Waals surface area contributed by atoms with Gasteiger partial charge in [-0.2, -0.15) is 0 Å². The standard InChI is InChI=1S/C13H23BO4/c1-10(7-8-16-11(2)15)9-14-17-12(3,4)13(5,6)18-14/h9H,7-8H2,1-6H3/b10-9+. The van der Waals surface area contributed by atoms with Gasteiger partial charge in [-0.05, 0) is 34.6 Å². The fraction of sp³-hybridized carbons (Fsp3) is 0.769. The van der Waals surface area contributed by atoms with Crippen molar-refractivity contribution < 1.29 is 18.8 Å². The lowest BCUT2D eigenvalue weighted by Gasteiger charge is -2.32. The highest BCUT2D eigenvalue weighted by Gasteiger charge is 2.50. The van der Waals surface area contributed by atoms with E-state index in [9.17, 15) is 4.79 Å². The molecule has 0 N–H and O–H groups in total. The largest absolute Gasteiger partial charge is 0.487 e. The van der Waals surface area contributed by atoms with E-state index in [1.165, 1.54) is 6.92 Å². The quantitative estimate of drug-likeness (QED) is 0.571. The molecule has 0 aromatic carbocycles. The molecule has 0 radical (unpaired) electrons. The Morgan fingerprint density at radius 3 is 2.11 bits per heavy atom. The molecule has 18 heavy (non-hydrogen) atoms. The fourth-order valence-corrected chi connectivity index (χ4v) is 1.63. The summed E-state index contributed by atoms with van der Waals surface area (Å²) in [5.74, 6) is 1.69. The summed E-state index contributed by atoms with van der Waals surface area (Å²) < 4.78 is 16.6. The van der Waals surface area contributed by atoms with Crippen LogP contribution in [0.4, 0.5) is 0 Å². The number of esters is 1. The number of hydrogen-bond acceptors (Lipinski definition) is 4. The van der Waals surface area contributed by atoms with E-state index in [4.69, 9.17) is 14.0 Å². The SMILES string of the molecule is CC(=O)OCC/C(C)=C/B1OC(C)(C)C(C)(C)O1. The van der Waals surface area contributed by atoms with Crippen molar-refractivity contribution in [2.45, 2.75) is 59.2 Å². The van der Waals surface area contributed by atoms with Gasteiger partial charge >= 0.3 is 13.1 Å². The molecule has 0 bridgehead atoms. The average molecular weight is 254 g/mol. The summed E-state index contributed by atoms with van der Waals surface area (Å²) in [6.45, 7) is 11.9. The van der Waals surface area contributed by atoms with E-state index >= 15 is 0 Å². The molecule has 0 aliphatic carbocycles. The summed E-state index contributed by atoms with van der Waals surface area (Å²) in [5.41, 5.74) is 0.462. The first kappa shape index (κ1) is 15.3. The summed E-state index contributed by atoms with van der Waals surface area (Å²) in [7, 11) is -0.327. The Hall–Kier alpha value is -0.805. The lowest BCUT2D eigenvalue weighted by Crippen LogP contribution is -2.41. The molecule has 1 rings (SSSR count). The van der Waals surface area contributed by atoms with E-state index in [-0.39, 0.29) is 24.3 Å². The number of carbonyl (C=O) groups is 1. The second kappa shape index (κ2) is 5.45. The topological polar surface area (TPSA) is 44.8 Å². The predicted octanol–water partition coefficient (Wildman–Crippen LogP) is 2.52. The van der Waals surface area contributed by atoms with Crippen LogP contribution in [0, 0.1) is 0 Å². The van der Waals surface area contributed by atoms with Crippen LogP contribution < -0.4 is 0 Å². The van der Waals surface area contributed by atoms with Gasteiger partial charge in [0.2, 0.25) is 0 Å². The predicted molar refractivity (Wildman–Crippen MR) is 71.1 cm³/mol. The van der Waals surface area contributed by atoms with Gasteiger partial charge in [0, 0.05) is 13.3 Å². The Labute approximate surface area is 110 Å². The first-order valence-electron chi connectivity index (χ1n) is 6.30. The highest BCUT2D eigenvalue weighted by atomic mass is 16.7. The first-order valence-corrected chi connectivity index (χ1v) is 6.30. The van der Waals surface area contributed by atoms with Gasteiger partial charge in [-0.3, -0.25) is 4.79 Å². The average Bonchev–Trinajstić information content (AvgIpc) is 2.33. The number of carbonyl (C=O) groups excluding carboxylic acids is 1. The van der Waals surface area contributed by atoms with Crippen molar-refractivity contribution >= 4 is 13.1 Å². The molecular weight excluding hydrogens is 231 g/mol. The normalized spacial score (nSPS) is 22.1. The first-order chi connectivity index (χ1) is 8.14. The van der Waals surface area contributed by atoms with E-state index < -0.39 is 0 Å². The minimum absolute atomic E-state index is 0.251. The summed E-state index contributed by atoms with van der Waals surface area (Å²) >= 11 is 0. The molecule has 0 atom stereocenters. The summed E-state index contributed by atoms with van der Waals surface area (Å²) in [4.78, 5) is 10.6. The maximum absolute atomic E-state index is 10.6. The van der Waals surface area contributed by atoms with Crippen LogP contribution in [0.25, 0.3) is 0 Å². The number of ether oxygens (including phenoxy) is 1. The number of hydrogen-bond donors (Lipinski definition) is 0. The molecule has 1 aliphatic heterocycles. The van der Waals surface area contributed by atoms with Gasteiger partial charge in [0.25, 0.3) is 0 Å². The molecule has 0 aromatic rings. The third kappa shape index (κ3) is 3.85. The molecule has 1 aliphatic rings. The van der Waals surface area contributed by atoms with Gasteiger partial charge in [0.05, 0.1) is 17.8 Å². The summed E-state index contributed by atoms with van der Waals surface area (Å²) in [5, 5.41) is 0. The Balaban J connectivity index is 2.50. The Kier molecular flexibility index (Phi) is 4.62. The van der Waals surface area contributed by atoms with Crippen LogP contribution in [-0.4, -0.2) is 30.9 Å². The van der Waals surface area contributed by atoms with Crippen LogP contribution in [0.5, 0.6) is 0 Å². The molecular formula is C13H23BO4. The van der Waals surface area contributed by atoms with Gasteiger partial charge in [0.15, 0.2) is 0 Å². The van der Waals surface area contributed by atoms with E-state index in [0.29, 0.717) is 13.0 Å². The molecule has 0 amide bonds. The molecule has 4 nitrogen and oxygen atoms in total. The molecule has 1 saturated heterocycles. The van der Waals surface area contributed by atoms with Crippen LogP contribution in [0.1, 0.15) is 48.0 Å². The molecule has 5 heteroatoms. The lowest BCUT2D eigenvalue weighted by atomic mass is 9.87. The molecule has 1 fully saturated rings. The molecule has 0 spiro atoms. The highest BCUT2D eigenvalue weighted by Crippen LogP contribution is 2.37. The third-order valence-electron chi connectivity index (χ3n) is 3.49. The van der Waals surface area contributed by atoms with Crippen LogP contribution in [-0.2, 0) is 18.8 Å². The Morgan fingerprint density at radius 1 is 1.17 bits per heavy atom. The van der Waals surface area contributed by atoms with E-state index in [0.717, 1.165) is 5.57 Å². The third-order valence-corrected chi connectivity index (χ3v) is 3.49. The van der Waals surface area contributed by atoms with Crippen LogP contribution in [0.2, 0.25) is 0 Å². The molecule has 0 saturated carbocycles. The van der Waals surface area contributed by atoms with E-state index in [2.05, 4.69) is 0 Å². The molecule has 0 aromatic heterocycles. The number of rotatable bonds is 4. The zero-order valence-corrected chi connectivity index (χ0v) is 12.2. The van der Waals surface area contributed by atoms with Gasteiger partial charge in [-0.25, -0.2) is 0 Å². The monoisotopic (exact) mass is 254 g/mol. The highest BCUT2D eigenvalue weighted by molar-refractivity contribution is 6.51. The van der Waals surface area contributed by atoms with Crippen molar-refractivity contribution in [3.05, 3.63) is 11.5 Å². The lowest BCUT2D eigenvalue weighted by molar-refractivity contribution is -0.140. The van der Waals surface area contributed by atoms with Crippen molar-refractivity contribution in [3.8, 4) is 0 Å². The van der Waals surface area contributed by atoms with Gasteiger partial charge in [-0.15, -0.1) is 0 Å². The second-order valence-corrected chi connectivity index (χ2v) is 5.73. The van der Waals surface area contributed by atoms with Gasteiger partial charge in [-0.1, -0.05) is 11.5 Å². The zero-order valence-electron chi connectivity index (χ0n) is 12.2. The zero-order chi connectivity index (χ0) is 14.0. The van der Waals surface area contributed by atoms with Crippen LogP contribution in [0.15, 0.2) is 11.5 Å². The minimum atomic E-state index is -0.327. The summed E-state index contributed by atoms with van der Waals surface area (Å²) in [6.07, 6.45) is 0.698. The second-order valence-electron chi connectivity index (χ2n) is 5.73. The smallest absolute Gasteiger partial charge is 0.466 e. The van der Waals surface area contributed by atoms with Crippen LogP contribution >= 0.6 is 0 Å². The maximum Gasteiger partial charge on any atom is 0.487 e. The molecule has 1 heterocycles. The van der Waals surface area contributed by atoms with Crippen molar-refractivity contribution in [1.29, 1.82) is 0 Å². The van der Waals surface area contributed by atoms with Crippen molar-refractivity contribution in [2.24, 2.45) is 0 Å². The van der Waals surface area contributed by atoms with E-state index in [1.54, 1.807) is 0 Å². The Bertz CT molecular complexity index is 331. The Morgan fingerprint density at radius 2 is 1.67 bits per heavy atom. The summed E-state index contributed by atoms with van der Waals surface area (Å²) in [6, 6.07) is 0. The molecule has 0 unspecified atom stereocenters. The fourth-order valence-electron chi connectivity index (χ4n) is 1.63. The van der Waals surface area contributed by atoms with Crippen LogP contribution in [0.3, 0.4) is 0 Å². The maximum atomic E-state index is 10.6. The van der Waals surface area contributed by atoms with Gasteiger partial charge in [0.1, 0.15) is 0 Å². The van der Waals surface area contributed by atoms with Crippen molar-refractivity contribution in [3.63, 3.8) is 0 Å². The van der Waals surface area contributed by atoms with E-state index in [1.807, 2.05) is 40.6 Å². The minimum Gasteiger partial charge on any atom is -0.466 e.